The van der Waals surface area contributed by atoms with Crippen LogP contribution in [-0.4, -0.2) is 11.9 Å². The second-order valence-electron chi connectivity index (χ2n) is 4.72. The number of ether oxygens (including phenoxy) is 2. The van der Waals surface area contributed by atoms with E-state index in [0.717, 1.165) is 0 Å². The summed E-state index contributed by atoms with van der Waals surface area (Å²) in [5.41, 5.74) is 2.02. The predicted molar refractivity (Wildman–Crippen MR) is 76.8 cm³/mol. The number of carbonyl (C=O) groups is 2. The van der Waals surface area contributed by atoms with Crippen molar-refractivity contribution < 1.29 is 19.1 Å². The molecule has 0 aliphatic rings. The zero-order valence-corrected chi connectivity index (χ0v) is 12.2. The lowest BCUT2D eigenvalue weighted by Crippen LogP contribution is -2.11. The van der Waals surface area contributed by atoms with Crippen molar-refractivity contribution in [1.29, 1.82) is 0 Å². The Balaban J connectivity index is 3.03. The molecule has 1 aromatic rings. The van der Waals surface area contributed by atoms with Crippen molar-refractivity contribution in [2.45, 2.75) is 27.7 Å². The van der Waals surface area contributed by atoms with Crippen LogP contribution in [0.4, 0.5) is 0 Å². The Hall–Kier alpha value is -2.36. The second-order valence-corrected chi connectivity index (χ2v) is 4.72. The lowest BCUT2D eigenvalue weighted by atomic mass is 10.1. The highest BCUT2D eigenvalue weighted by Gasteiger charge is 2.13. The molecule has 0 N–H and O–H groups in total. The predicted octanol–water partition coefficient (Wildman–Crippen LogP) is 3.27. The van der Waals surface area contributed by atoms with Gasteiger partial charge in [0.15, 0.2) is 0 Å². The average molecular weight is 274 g/mol. The molecule has 0 spiro atoms. The van der Waals surface area contributed by atoms with Gasteiger partial charge in [-0.3, -0.25) is 0 Å². The minimum Gasteiger partial charge on any atom is -0.423 e. The van der Waals surface area contributed by atoms with Gasteiger partial charge in [0.25, 0.3) is 0 Å². The first-order valence-electron chi connectivity index (χ1n) is 6.09. The van der Waals surface area contributed by atoms with Crippen molar-refractivity contribution in [1.82, 2.24) is 0 Å². The zero-order chi connectivity index (χ0) is 15.4. The van der Waals surface area contributed by atoms with Crippen molar-refractivity contribution >= 4 is 11.9 Å². The highest BCUT2D eigenvalue weighted by atomic mass is 16.5. The summed E-state index contributed by atoms with van der Waals surface area (Å²) in [5.74, 6) is -0.130. The fourth-order valence-corrected chi connectivity index (χ4v) is 1.36. The monoisotopic (exact) mass is 274 g/mol. The number of rotatable bonds is 4. The summed E-state index contributed by atoms with van der Waals surface area (Å²) in [6, 6.07) is 3.30. The third kappa shape index (κ3) is 3.82. The van der Waals surface area contributed by atoms with E-state index < -0.39 is 11.9 Å². The molecule has 4 heteroatoms. The number of carbonyl (C=O) groups excluding carboxylic acids is 2. The van der Waals surface area contributed by atoms with Gasteiger partial charge in [-0.15, -0.1) is 0 Å². The molecule has 0 unspecified atom stereocenters. The van der Waals surface area contributed by atoms with E-state index in [-0.39, 0.29) is 0 Å². The molecule has 106 valence electrons. The summed E-state index contributed by atoms with van der Waals surface area (Å²) < 4.78 is 10.4. The van der Waals surface area contributed by atoms with Crippen molar-refractivity contribution in [3.63, 3.8) is 0 Å². The van der Waals surface area contributed by atoms with Gasteiger partial charge in [0.05, 0.1) is 0 Å². The van der Waals surface area contributed by atoms with E-state index in [1.54, 1.807) is 39.8 Å². The van der Waals surface area contributed by atoms with Gasteiger partial charge < -0.3 is 9.47 Å². The van der Waals surface area contributed by atoms with Crippen LogP contribution >= 0.6 is 0 Å². The normalized spacial score (nSPS) is 9.80. The maximum Gasteiger partial charge on any atom is 0.338 e. The van der Waals surface area contributed by atoms with Crippen LogP contribution in [0.2, 0.25) is 0 Å². The summed E-state index contributed by atoms with van der Waals surface area (Å²) in [4.78, 5) is 23.0. The van der Waals surface area contributed by atoms with Gasteiger partial charge in [-0.25, -0.2) is 9.59 Å². The van der Waals surface area contributed by atoms with Gasteiger partial charge in [-0.05, 0) is 51.0 Å². The smallest absolute Gasteiger partial charge is 0.338 e. The Morgan fingerprint density at radius 1 is 0.850 bits per heavy atom. The molecule has 0 aliphatic heterocycles. The molecule has 20 heavy (non-hydrogen) atoms. The van der Waals surface area contributed by atoms with E-state index in [9.17, 15) is 9.59 Å². The van der Waals surface area contributed by atoms with Crippen LogP contribution in [0.25, 0.3) is 0 Å². The SMILES string of the molecule is C=C(C)C(=O)Oc1cc(C)c(OC(=O)C(=C)C)cc1C. The fourth-order valence-electron chi connectivity index (χ4n) is 1.36. The molecule has 1 aromatic carbocycles. The van der Waals surface area contributed by atoms with E-state index in [0.29, 0.717) is 33.8 Å². The molecule has 0 bridgehead atoms. The van der Waals surface area contributed by atoms with Gasteiger partial charge in [-0.2, -0.15) is 0 Å². The first kappa shape index (κ1) is 15.7. The Morgan fingerprint density at radius 3 is 1.40 bits per heavy atom. The maximum absolute atomic E-state index is 11.5. The molecule has 0 saturated heterocycles. The van der Waals surface area contributed by atoms with Gasteiger partial charge in [0, 0.05) is 11.1 Å². The molecular weight excluding hydrogens is 256 g/mol. The van der Waals surface area contributed by atoms with Gasteiger partial charge in [0.2, 0.25) is 0 Å². The minimum atomic E-state index is -0.487. The van der Waals surface area contributed by atoms with Gasteiger partial charge in [0.1, 0.15) is 11.5 Å². The third-order valence-corrected chi connectivity index (χ3v) is 2.57. The van der Waals surface area contributed by atoms with Crippen LogP contribution in [0.5, 0.6) is 11.5 Å². The maximum atomic E-state index is 11.5. The van der Waals surface area contributed by atoms with Crippen molar-refractivity contribution in [3.8, 4) is 11.5 Å². The van der Waals surface area contributed by atoms with Gasteiger partial charge in [-0.1, -0.05) is 13.2 Å². The van der Waals surface area contributed by atoms with Crippen LogP contribution in [0, 0.1) is 13.8 Å². The van der Waals surface area contributed by atoms with E-state index in [1.807, 2.05) is 0 Å². The molecule has 0 radical (unpaired) electrons. The molecule has 1 rings (SSSR count). The topological polar surface area (TPSA) is 52.6 Å². The number of hydrogen-bond donors (Lipinski definition) is 0. The first-order chi connectivity index (χ1) is 9.22. The van der Waals surface area contributed by atoms with Crippen LogP contribution < -0.4 is 9.47 Å². The molecular formula is C16H18O4. The highest BCUT2D eigenvalue weighted by Crippen LogP contribution is 2.28. The Morgan fingerprint density at radius 2 is 1.15 bits per heavy atom. The van der Waals surface area contributed by atoms with Crippen LogP contribution in [-0.2, 0) is 9.59 Å². The van der Waals surface area contributed by atoms with Gasteiger partial charge >= 0.3 is 11.9 Å². The standard InChI is InChI=1S/C16H18O4/c1-9(2)15(17)19-13-7-12(6)14(8-11(13)5)20-16(18)10(3)4/h7-8H,1,3H2,2,4-6H3. The molecule has 0 saturated carbocycles. The van der Waals surface area contributed by atoms with Crippen molar-refractivity contribution in [3.05, 3.63) is 47.6 Å². The Labute approximate surface area is 118 Å². The van der Waals surface area contributed by atoms with E-state index in [2.05, 4.69) is 13.2 Å². The lowest BCUT2D eigenvalue weighted by molar-refractivity contribution is -0.131. The van der Waals surface area contributed by atoms with E-state index >= 15 is 0 Å². The number of esters is 2. The molecule has 0 fully saturated rings. The van der Waals surface area contributed by atoms with Crippen LogP contribution in [0.1, 0.15) is 25.0 Å². The Bertz CT molecular complexity index is 543. The fraction of sp³-hybridized carbons (Fsp3) is 0.250. The highest BCUT2D eigenvalue weighted by molar-refractivity contribution is 5.90. The third-order valence-electron chi connectivity index (χ3n) is 2.57. The number of benzene rings is 1. The van der Waals surface area contributed by atoms with Crippen LogP contribution in [0.3, 0.4) is 0 Å². The van der Waals surface area contributed by atoms with Crippen molar-refractivity contribution in [2.24, 2.45) is 0 Å². The molecule has 0 atom stereocenters. The molecule has 0 heterocycles. The number of hydrogen-bond acceptors (Lipinski definition) is 4. The van der Waals surface area contributed by atoms with Crippen molar-refractivity contribution in [2.75, 3.05) is 0 Å². The van der Waals surface area contributed by atoms with E-state index in [1.165, 1.54) is 0 Å². The lowest BCUT2D eigenvalue weighted by Gasteiger charge is -2.12. The molecule has 0 amide bonds. The van der Waals surface area contributed by atoms with Crippen LogP contribution in [0.15, 0.2) is 36.4 Å². The average Bonchev–Trinajstić information content (AvgIpc) is 2.34. The quantitative estimate of drug-likeness (QED) is 0.480. The Kier molecular flexibility index (Phi) is 4.86. The molecule has 0 aromatic heterocycles. The van der Waals surface area contributed by atoms with E-state index in [4.69, 9.17) is 9.47 Å². The summed E-state index contributed by atoms with van der Waals surface area (Å²) in [5, 5.41) is 0. The second kappa shape index (κ2) is 6.19. The zero-order valence-electron chi connectivity index (χ0n) is 12.2. The summed E-state index contributed by atoms with van der Waals surface area (Å²) in [6.07, 6.45) is 0. The largest absolute Gasteiger partial charge is 0.423 e. The minimum absolute atomic E-state index is 0.319. The molecule has 0 aliphatic carbocycles. The summed E-state index contributed by atoms with van der Waals surface area (Å²) in [7, 11) is 0. The number of aryl methyl sites for hydroxylation is 2. The molecule has 4 nitrogen and oxygen atoms in total. The first-order valence-corrected chi connectivity index (χ1v) is 6.09. The summed E-state index contributed by atoms with van der Waals surface area (Å²) >= 11 is 0. The summed E-state index contributed by atoms with van der Waals surface area (Å²) in [6.45, 7) is 13.7.